The van der Waals surface area contributed by atoms with Crippen molar-refractivity contribution in [1.29, 1.82) is 0 Å². The van der Waals surface area contributed by atoms with Gasteiger partial charge in [0.15, 0.2) is 5.54 Å². The Labute approximate surface area is 133 Å². The standard InChI is InChI=1S/C15H19N3O3S/c1-3-17(10-6-7-10)12(19)9-18-13(20)15(2,16-14(18)21)11-5-4-8-22-11/h4-5,8,10H,3,6-7,9H2,1-2H3,(H,16,21)/t15-/m1/s1. The monoisotopic (exact) mass is 321 g/mol. The molecule has 1 saturated heterocycles. The molecule has 1 N–H and O–H groups in total. The Hall–Kier alpha value is -1.89. The highest BCUT2D eigenvalue weighted by atomic mass is 32.1. The molecule has 1 saturated carbocycles. The zero-order chi connectivity index (χ0) is 15.9. The van der Waals surface area contributed by atoms with E-state index in [0.717, 1.165) is 22.6 Å². The van der Waals surface area contributed by atoms with Crippen molar-refractivity contribution in [3.05, 3.63) is 22.4 Å². The molecule has 6 nitrogen and oxygen atoms in total. The largest absolute Gasteiger partial charge is 0.338 e. The average molecular weight is 321 g/mol. The van der Waals surface area contributed by atoms with Gasteiger partial charge in [0.25, 0.3) is 5.91 Å². The molecule has 2 heterocycles. The van der Waals surface area contributed by atoms with Crippen molar-refractivity contribution in [2.75, 3.05) is 13.1 Å². The van der Waals surface area contributed by atoms with E-state index in [9.17, 15) is 14.4 Å². The summed E-state index contributed by atoms with van der Waals surface area (Å²) in [6.45, 7) is 4.02. The van der Waals surface area contributed by atoms with E-state index in [2.05, 4.69) is 5.32 Å². The Bertz CT molecular complexity index is 612. The number of hydrogen-bond donors (Lipinski definition) is 1. The normalized spacial score (nSPS) is 24.5. The number of likely N-dealkylation sites (N-methyl/N-ethyl adjacent to an activating group) is 1. The van der Waals surface area contributed by atoms with Gasteiger partial charge in [-0.1, -0.05) is 6.07 Å². The fraction of sp³-hybridized carbons (Fsp3) is 0.533. The van der Waals surface area contributed by atoms with E-state index >= 15 is 0 Å². The van der Waals surface area contributed by atoms with Crippen LogP contribution in [0.25, 0.3) is 0 Å². The van der Waals surface area contributed by atoms with Gasteiger partial charge >= 0.3 is 6.03 Å². The fourth-order valence-corrected chi connectivity index (χ4v) is 3.66. The zero-order valence-electron chi connectivity index (χ0n) is 12.7. The molecule has 22 heavy (non-hydrogen) atoms. The van der Waals surface area contributed by atoms with Crippen LogP contribution in [0.1, 0.15) is 31.6 Å². The Morgan fingerprint density at radius 1 is 1.50 bits per heavy atom. The van der Waals surface area contributed by atoms with Gasteiger partial charge < -0.3 is 10.2 Å². The second-order valence-electron chi connectivity index (χ2n) is 5.83. The first-order valence-corrected chi connectivity index (χ1v) is 8.33. The minimum atomic E-state index is -1.07. The van der Waals surface area contributed by atoms with E-state index < -0.39 is 11.6 Å². The predicted octanol–water partition coefficient (Wildman–Crippen LogP) is 1.53. The molecule has 118 valence electrons. The molecule has 1 aliphatic heterocycles. The second kappa shape index (κ2) is 5.39. The predicted molar refractivity (Wildman–Crippen MR) is 82.3 cm³/mol. The summed E-state index contributed by atoms with van der Waals surface area (Å²) in [5, 5.41) is 4.58. The summed E-state index contributed by atoms with van der Waals surface area (Å²) in [4.78, 5) is 40.7. The molecule has 1 atom stereocenters. The second-order valence-corrected chi connectivity index (χ2v) is 6.78. The molecule has 0 unspecified atom stereocenters. The van der Waals surface area contributed by atoms with Crippen LogP contribution < -0.4 is 5.32 Å². The summed E-state index contributed by atoms with van der Waals surface area (Å²) in [7, 11) is 0. The molecule has 2 aliphatic rings. The number of nitrogens with zero attached hydrogens (tertiary/aromatic N) is 2. The van der Waals surface area contributed by atoms with E-state index in [-0.39, 0.29) is 24.4 Å². The molecule has 0 radical (unpaired) electrons. The zero-order valence-corrected chi connectivity index (χ0v) is 13.5. The Kier molecular flexibility index (Phi) is 3.68. The Morgan fingerprint density at radius 3 is 2.77 bits per heavy atom. The first kappa shape index (κ1) is 15.0. The number of hydrogen-bond acceptors (Lipinski definition) is 4. The fourth-order valence-electron chi connectivity index (χ4n) is 2.82. The molecule has 4 amide bonds. The molecule has 1 aromatic rings. The number of imide groups is 1. The summed E-state index contributed by atoms with van der Waals surface area (Å²) < 4.78 is 0. The van der Waals surface area contributed by atoms with Gasteiger partial charge in [-0.15, -0.1) is 11.3 Å². The molecule has 7 heteroatoms. The molecule has 1 aliphatic carbocycles. The van der Waals surface area contributed by atoms with Gasteiger partial charge in [0.2, 0.25) is 5.91 Å². The Balaban J connectivity index is 1.76. The summed E-state index contributed by atoms with van der Waals surface area (Å²) in [5.41, 5.74) is -1.07. The molecular weight excluding hydrogens is 302 g/mol. The van der Waals surface area contributed by atoms with Crippen LogP contribution in [-0.4, -0.2) is 46.8 Å². The van der Waals surface area contributed by atoms with Crippen LogP contribution in [0, 0.1) is 0 Å². The highest BCUT2D eigenvalue weighted by molar-refractivity contribution is 7.10. The lowest BCUT2D eigenvalue weighted by Crippen LogP contribution is -2.45. The van der Waals surface area contributed by atoms with E-state index in [1.165, 1.54) is 11.3 Å². The van der Waals surface area contributed by atoms with Crippen molar-refractivity contribution < 1.29 is 14.4 Å². The van der Waals surface area contributed by atoms with Crippen LogP contribution in [-0.2, 0) is 15.1 Å². The molecule has 0 aromatic carbocycles. The minimum Gasteiger partial charge on any atom is -0.338 e. The van der Waals surface area contributed by atoms with Crippen LogP contribution in [0.4, 0.5) is 4.79 Å². The number of amides is 4. The van der Waals surface area contributed by atoms with Crippen molar-refractivity contribution in [3.63, 3.8) is 0 Å². The highest BCUT2D eigenvalue weighted by Gasteiger charge is 2.50. The van der Waals surface area contributed by atoms with Gasteiger partial charge in [-0.2, -0.15) is 0 Å². The first-order chi connectivity index (χ1) is 10.5. The summed E-state index contributed by atoms with van der Waals surface area (Å²) in [5.74, 6) is -0.524. The number of urea groups is 1. The lowest BCUT2D eigenvalue weighted by Gasteiger charge is -2.23. The summed E-state index contributed by atoms with van der Waals surface area (Å²) >= 11 is 1.41. The van der Waals surface area contributed by atoms with Crippen LogP contribution >= 0.6 is 11.3 Å². The summed E-state index contributed by atoms with van der Waals surface area (Å²) in [6, 6.07) is 3.43. The maximum absolute atomic E-state index is 12.6. The van der Waals surface area contributed by atoms with Crippen LogP contribution in [0.2, 0.25) is 0 Å². The third-order valence-electron chi connectivity index (χ3n) is 4.23. The third-order valence-corrected chi connectivity index (χ3v) is 5.32. The van der Waals surface area contributed by atoms with E-state index in [0.29, 0.717) is 6.54 Å². The third kappa shape index (κ3) is 2.39. The van der Waals surface area contributed by atoms with Gasteiger partial charge in [-0.3, -0.25) is 14.5 Å². The molecule has 1 aromatic heterocycles. The van der Waals surface area contributed by atoms with Gasteiger partial charge in [-0.25, -0.2) is 4.79 Å². The topological polar surface area (TPSA) is 69.7 Å². The lowest BCUT2D eigenvalue weighted by molar-refractivity contribution is -0.139. The molecule has 0 bridgehead atoms. The van der Waals surface area contributed by atoms with E-state index in [4.69, 9.17) is 0 Å². The quantitative estimate of drug-likeness (QED) is 0.836. The minimum absolute atomic E-state index is 0.163. The molecular formula is C15H19N3O3S. The summed E-state index contributed by atoms with van der Waals surface area (Å²) in [6.07, 6.45) is 2.01. The van der Waals surface area contributed by atoms with E-state index in [1.54, 1.807) is 11.8 Å². The van der Waals surface area contributed by atoms with Crippen molar-refractivity contribution in [2.24, 2.45) is 0 Å². The molecule has 2 fully saturated rings. The maximum Gasteiger partial charge on any atom is 0.325 e. The maximum atomic E-state index is 12.6. The van der Waals surface area contributed by atoms with Crippen molar-refractivity contribution in [3.8, 4) is 0 Å². The number of nitrogens with one attached hydrogen (secondary N) is 1. The lowest BCUT2D eigenvalue weighted by atomic mass is 10.0. The van der Waals surface area contributed by atoms with Crippen molar-refractivity contribution in [1.82, 2.24) is 15.1 Å². The Morgan fingerprint density at radius 2 is 2.23 bits per heavy atom. The van der Waals surface area contributed by atoms with Gasteiger partial charge in [-0.05, 0) is 38.1 Å². The SMILES string of the molecule is CCN(C(=O)CN1C(=O)N[C@](C)(c2cccs2)C1=O)C1CC1. The van der Waals surface area contributed by atoms with Crippen LogP contribution in [0.15, 0.2) is 17.5 Å². The first-order valence-electron chi connectivity index (χ1n) is 7.45. The van der Waals surface area contributed by atoms with Crippen molar-refractivity contribution in [2.45, 2.75) is 38.3 Å². The van der Waals surface area contributed by atoms with Crippen molar-refractivity contribution >= 4 is 29.2 Å². The smallest absolute Gasteiger partial charge is 0.325 e. The molecule has 0 spiro atoms. The number of carbonyl (C=O) groups is 3. The van der Waals surface area contributed by atoms with Gasteiger partial charge in [0, 0.05) is 17.5 Å². The number of rotatable bonds is 5. The number of carbonyl (C=O) groups excluding carboxylic acids is 3. The van der Waals surface area contributed by atoms with Crippen LogP contribution in [0.5, 0.6) is 0 Å². The average Bonchev–Trinajstić information content (AvgIpc) is 3.10. The van der Waals surface area contributed by atoms with E-state index in [1.807, 2.05) is 24.4 Å². The van der Waals surface area contributed by atoms with Gasteiger partial charge in [0.05, 0.1) is 0 Å². The molecule has 3 rings (SSSR count). The van der Waals surface area contributed by atoms with Crippen LogP contribution in [0.3, 0.4) is 0 Å². The van der Waals surface area contributed by atoms with Gasteiger partial charge in [0.1, 0.15) is 6.54 Å². The highest BCUT2D eigenvalue weighted by Crippen LogP contribution is 2.32. The number of thiophene rings is 1.